The molecule has 6 aromatic rings. The minimum atomic E-state index is -0.684. The molecule has 6 heterocycles. The number of thiophene rings is 1. The molecule has 2 aliphatic carbocycles. The second kappa shape index (κ2) is 11.6. The highest BCUT2D eigenvalue weighted by Gasteiger charge is 2.45. The van der Waals surface area contributed by atoms with Gasteiger partial charge in [0, 0.05) is 23.2 Å². The van der Waals surface area contributed by atoms with Crippen LogP contribution in [0.3, 0.4) is 0 Å². The van der Waals surface area contributed by atoms with Gasteiger partial charge in [-0.25, -0.2) is 14.2 Å². The van der Waals surface area contributed by atoms with Crippen molar-refractivity contribution in [2.75, 3.05) is 19.0 Å². The van der Waals surface area contributed by atoms with E-state index in [0.717, 1.165) is 87.6 Å². The Labute approximate surface area is 295 Å². The number of carbonyl (C=O) groups is 1. The third-order valence-electron chi connectivity index (χ3n) is 11.2. The lowest BCUT2D eigenvalue weighted by Gasteiger charge is -2.19. The Morgan fingerprint density at radius 3 is 2.84 bits per heavy atom. The van der Waals surface area contributed by atoms with Crippen LogP contribution in [0.25, 0.3) is 31.9 Å². The van der Waals surface area contributed by atoms with E-state index in [1.807, 2.05) is 35.4 Å². The van der Waals surface area contributed by atoms with Gasteiger partial charge in [0.2, 0.25) is 0 Å². The van der Waals surface area contributed by atoms with Crippen molar-refractivity contribution in [1.82, 2.24) is 25.0 Å². The number of carbonyl (C=O) groups excluding carboxylic acids is 1. The predicted molar refractivity (Wildman–Crippen MR) is 191 cm³/mol. The lowest BCUT2D eigenvalue weighted by molar-refractivity contribution is 0.0776. The number of hydrogen-bond acceptors (Lipinski definition) is 9. The van der Waals surface area contributed by atoms with Crippen molar-refractivity contribution < 1.29 is 18.4 Å². The van der Waals surface area contributed by atoms with Gasteiger partial charge in [-0.2, -0.15) is 0 Å². The molecule has 10 nitrogen and oxygen atoms in total. The van der Waals surface area contributed by atoms with Crippen molar-refractivity contribution >= 4 is 33.1 Å². The Bertz CT molecular complexity index is 2470. The summed E-state index contributed by atoms with van der Waals surface area (Å²) < 4.78 is 25.9. The highest BCUT2D eigenvalue weighted by Crippen LogP contribution is 2.51. The average Bonchev–Trinajstić information content (AvgIpc) is 3.99. The van der Waals surface area contributed by atoms with Crippen LogP contribution in [0.2, 0.25) is 0 Å². The molecule has 2 aromatic carbocycles. The fraction of sp³-hybridized carbons (Fsp3) is 0.308. The van der Waals surface area contributed by atoms with Crippen molar-refractivity contribution in [1.29, 1.82) is 0 Å². The van der Waals surface area contributed by atoms with Gasteiger partial charge >= 0.3 is 5.76 Å². The molecule has 0 radical (unpaired) electrons. The van der Waals surface area contributed by atoms with Crippen molar-refractivity contribution in [3.05, 3.63) is 110 Å². The third kappa shape index (κ3) is 4.76. The van der Waals surface area contributed by atoms with E-state index < -0.39 is 5.76 Å². The molecule has 12 heteroatoms. The number of methoxy groups -OCH3 is 1. The van der Waals surface area contributed by atoms with Gasteiger partial charge in [0.05, 0.1) is 46.4 Å². The Hall–Kier alpha value is -5.36. The van der Waals surface area contributed by atoms with Crippen LogP contribution in [-0.4, -0.2) is 44.6 Å². The normalized spacial score (nSPS) is 20.2. The third-order valence-corrected chi connectivity index (χ3v) is 12.4. The van der Waals surface area contributed by atoms with E-state index in [2.05, 4.69) is 27.6 Å². The standard InChI is InChI=1S/C39H33FN6O4S/c1-49-29-6-2-4-24-25(29)11-12-26(24)43-37-35-21(13-14-41-37)18-30(51-35)32-31(36-44-39(48)50-45-36)27(17-20-8-7-19-16-22(40)9-10-23(19)20)42-34-28-5-3-15-46(28)38(47)33(32)34/h2,4,6,9-10,13-14,16,18,20,26,28H,3,5,7-8,11-12,15,17H2,1H3,(H,41,43)(H,44,45,48)/t20-,26-,28-/m1/s1. The molecule has 256 valence electrons. The van der Waals surface area contributed by atoms with Crippen molar-refractivity contribution in [2.45, 2.75) is 62.9 Å². The number of pyridine rings is 2. The number of aryl methyl sites for hydroxylation is 1. The molecule has 2 aliphatic heterocycles. The fourth-order valence-electron chi connectivity index (χ4n) is 8.97. The minimum Gasteiger partial charge on any atom is -0.496 e. The quantitative estimate of drug-likeness (QED) is 0.175. The summed E-state index contributed by atoms with van der Waals surface area (Å²) in [5, 5.41) is 8.89. The van der Waals surface area contributed by atoms with Crippen LogP contribution in [0.1, 0.15) is 87.7 Å². The number of anilines is 1. The smallest absolute Gasteiger partial charge is 0.439 e. The number of halogens is 1. The molecule has 0 saturated carbocycles. The van der Waals surface area contributed by atoms with Gasteiger partial charge in [-0.3, -0.25) is 19.3 Å². The SMILES string of the molecule is COc1cccc2c1CC[C@H]2Nc1nccc2cc(-c3c4c(nc(C[C@H]5CCc6cc(F)ccc65)c3-c3noc(=O)[nH]3)[C@H]3CCCN3C4=O)sc12. The second-order valence-electron chi connectivity index (χ2n) is 13.9. The van der Waals surface area contributed by atoms with Crippen molar-refractivity contribution in [3.8, 4) is 27.6 Å². The molecular formula is C39H33FN6O4S. The Morgan fingerprint density at radius 1 is 1.06 bits per heavy atom. The Kier molecular flexibility index (Phi) is 6.92. The summed E-state index contributed by atoms with van der Waals surface area (Å²) in [5.74, 6) is 1.02. The van der Waals surface area contributed by atoms with Crippen molar-refractivity contribution in [2.24, 2.45) is 0 Å². The zero-order valence-electron chi connectivity index (χ0n) is 27.8. The molecule has 0 spiro atoms. The van der Waals surface area contributed by atoms with E-state index >= 15 is 0 Å². The molecule has 10 rings (SSSR count). The average molecular weight is 701 g/mol. The number of aromatic nitrogens is 4. The monoisotopic (exact) mass is 700 g/mol. The minimum absolute atomic E-state index is 0.0548. The van der Waals surface area contributed by atoms with Crippen LogP contribution in [0.4, 0.5) is 10.2 Å². The van der Waals surface area contributed by atoms with Crippen LogP contribution in [0.5, 0.6) is 5.75 Å². The summed E-state index contributed by atoms with van der Waals surface area (Å²) >= 11 is 1.56. The molecule has 4 aromatic heterocycles. The van der Waals surface area contributed by atoms with Gasteiger partial charge in [-0.15, -0.1) is 11.3 Å². The van der Waals surface area contributed by atoms with E-state index in [4.69, 9.17) is 19.2 Å². The van der Waals surface area contributed by atoms with Crippen LogP contribution in [-0.2, 0) is 19.3 Å². The highest BCUT2D eigenvalue weighted by atomic mass is 32.1. The molecule has 2 N–H and O–H groups in total. The molecule has 4 aliphatic rings. The molecule has 1 fully saturated rings. The van der Waals surface area contributed by atoms with E-state index in [0.29, 0.717) is 29.7 Å². The van der Waals surface area contributed by atoms with Crippen LogP contribution in [0.15, 0.2) is 64.0 Å². The van der Waals surface area contributed by atoms with Gasteiger partial charge in [-0.05, 0) is 109 Å². The van der Waals surface area contributed by atoms with E-state index in [1.54, 1.807) is 24.5 Å². The molecular weight excluding hydrogens is 668 g/mol. The maximum Gasteiger partial charge on any atom is 0.439 e. The lowest BCUT2D eigenvalue weighted by Crippen LogP contribution is -2.22. The largest absolute Gasteiger partial charge is 0.496 e. The molecule has 3 atom stereocenters. The molecule has 51 heavy (non-hydrogen) atoms. The lowest BCUT2D eigenvalue weighted by atomic mass is 9.89. The predicted octanol–water partition coefficient (Wildman–Crippen LogP) is 7.51. The van der Waals surface area contributed by atoms with Crippen LogP contribution < -0.4 is 15.8 Å². The van der Waals surface area contributed by atoms with Gasteiger partial charge in [0.1, 0.15) is 17.4 Å². The number of H-pyrrole nitrogens is 1. The number of amides is 1. The number of ether oxygens (including phenoxy) is 1. The number of rotatable bonds is 7. The summed E-state index contributed by atoms with van der Waals surface area (Å²) in [5.41, 5.74) is 7.92. The number of aromatic amines is 1. The van der Waals surface area contributed by atoms with E-state index in [1.165, 1.54) is 17.2 Å². The first-order chi connectivity index (χ1) is 24.9. The summed E-state index contributed by atoms with van der Waals surface area (Å²) in [7, 11) is 1.71. The number of nitrogens with zero attached hydrogens (tertiary/aromatic N) is 4. The number of benzene rings is 2. The summed E-state index contributed by atoms with van der Waals surface area (Å²) in [6.07, 6.45) is 7.55. The zero-order chi connectivity index (χ0) is 34.4. The molecule has 0 bridgehead atoms. The van der Waals surface area contributed by atoms with Crippen LogP contribution >= 0.6 is 11.3 Å². The number of nitrogens with one attached hydrogen (secondary N) is 2. The number of fused-ring (bicyclic) bond motifs is 6. The summed E-state index contributed by atoms with van der Waals surface area (Å²) in [4.78, 5) is 42.4. The van der Waals surface area contributed by atoms with Gasteiger partial charge in [0.15, 0.2) is 5.82 Å². The fourth-order valence-corrected chi connectivity index (χ4v) is 10.1. The van der Waals surface area contributed by atoms with Gasteiger partial charge in [-0.1, -0.05) is 23.4 Å². The highest BCUT2D eigenvalue weighted by molar-refractivity contribution is 7.23. The zero-order valence-corrected chi connectivity index (χ0v) is 28.6. The maximum atomic E-state index is 14.3. The molecule has 1 saturated heterocycles. The maximum absolute atomic E-state index is 14.3. The van der Waals surface area contributed by atoms with E-state index in [9.17, 15) is 14.0 Å². The topological polar surface area (TPSA) is 126 Å². The first kappa shape index (κ1) is 30.5. The number of hydrogen-bond donors (Lipinski definition) is 2. The van der Waals surface area contributed by atoms with Crippen LogP contribution in [0, 0.1) is 5.82 Å². The molecule has 1 amide bonds. The second-order valence-corrected chi connectivity index (χ2v) is 15.0. The summed E-state index contributed by atoms with van der Waals surface area (Å²) in [6.45, 7) is 0.671. The van der Waals surface area contributed by atoms with Gasteiger partial charge in [0.25, 0.3) is 5.91 Å². The van der Waals surface area contributed by atoms with Gasteiger partial charge < -0.3 is 15.0 Å². The Morgan fingerprint density at radius 2 is 1.98 bits per heavy atom. The van der Waals surface area contributed by atoms with Crippen molar-refractivity contribution in [3.63, 3.8) is 0 Å². The Balaban J connectivity index is 1.15. The molecule has 0 unspecified atom stereocenters. The summed E-state index contributed by atoms with van der Waals surface area (Å²) in [6, 6.07) is 15.2. The first-order valence-corrected chi connectivity index (χ1v) is 18.3. The van der Waals surface area contributed by atoms with E-state index in [-0.39, 0.29) is 35.6 Å². The first-order valence-electron chi connectivity index (χ1n) is 17.5.